The second kappa shape index (κ2) is 5.50. The molecule has 2 aromatic carbocycles. The van der Waals surface area contributed by atoms with E-state index in [1.165, 1.54) is 0 Å². The zero-order valence-corrected chi connectivity index (χ0v) is 16.2. The van der Waals surface area contributed by atoms with Crippen molar-refractivity contribution in [3.63, 3.8) is 0 Å². The van der Waals surface area contributed by atoms with E-state index in [9.17, 15) is 0 Å². The molecule has 0 aliphatic carbocycles. The normalized spacial score (nSPS) is 12.4. The van der Waals surface area contributed by atoms with E-state index >= 15 is 0 Å². The van der Waals surface area contributed by atoms with E-state index in [2.05, 4.69) is 39.0 Å². The van der Waals surface area contributed by atoms with Crippen molar-refractivity contribution in [1.29, 1.82) is 0 Å². The zero-order valence-electron chi connectivity index (χ0n) is 15.4. The van der Waals surface area contributed by atoms with Gasteiger partial charge in [-0.2, -0.15) is 5.10 Å². The van der Waals surface area contributed by atoms with Crippen LogP contribution in [0.3, 0.4) is 0 Å². The van der Waals surface area contributed by atoms with Gasteiger partial charge >= 0.3 is 0 Å². The lowest BCUT2D eigenvalue weighted by Crippen LogP contribution is -2.11. The first-order valence-corrected chi connectivity index (χ1v) is 9.67. The molecule has 6 heteroatoms. The number of aromatic nitrogens is 4. The zero-order chi connectivity index (χ0) is 18.8. The lowest BCUT2D eigenvalue weighted by atomic mass is 9.93. The van der Waals surface area contributed by atoms with Gasteiger partial charge in [0, 0.05) is 22.6 Å². The van der Waals surface area contributed by atoms with Crippen molar-refractivity contribution in [3.05, 3.63) is 54.2 Å². The van der Waals surface area contributed by atoms with Crippen molar-refractivity contribution in [3.8, 4) is 10.7 Å². The average molecular weight is 373 g/mol. The maximum Gasteiger partial charge on any atom is 0.156 e. The molecule has 0 aliphatic heterocycles. The summed E-state index contributed by atoms with van der Waals surface area (Å²) in [6, 6.07) is 16.1. The number of benzene rings is 2. The molecule has 2 N–H and O–H groups in total. The van der Waals surface area contributed by atoms with Crippen molar-refractivity contribution < 1.29 is 0 Å². The van der Waals surface area contributed by atoms with Gasteiger partial charge in [-0.25, -0.2) is 14.5 Å². The van der Waals surface area contributed by atoms with Crippen LogP contribution in [-0.2, 0) is 5.41 Å². The average Bonchev–Trinajstić information content (AvgIpc) is 3.24. The molecule has 0 unspecified atom stereocenters. The summed E-state index contributed by atoms with van der Waals surface area (Å²) in [5.41, 5.74) is 11.3. The molecule has 0 spiro atoms. The Morgan fingerprint density at radius 3 is 2.63 bits per heavy atom. The minimum absolute atomic E-state index is 0.0393. The van der Waals surface area contributed by atoms with Gasteiger partial charge in [-0.15, -0.1) is 11.3 Å². The number of hydrogen-bond donors (Lipinski definition) is 1. The molecule has 0 amide bonds. The summed E-state index contributed by atoms with van der Waals surface area (Å²) in [5.74, 6) is 0. The lowest BCUT2D eigenvalue weighted by Gasteiger charge is -2.13. The Morgan fingerprint density at radius 1 is 1.00 bits per heavy atom. The molecule has 0 bridgehead atoms. The van der Waals surface area contributed by atoms with Gasteiger partial charge in [0.1, 0.15) is 10.7 Å². The molecule has 3 aromatic heterocycles. The van der Waals surface area contributed by atoms with E-state index in [1.807, 2.05) is 34.8 Å². The summed E-state index contributed by atoms with van der Waals surface area (Å²) in [5, 5.41) is 6.76. The third-order valence-corrected chi connectivity index (χ3v) is 5.73. The van der Waals surface area contributed by atoms with Crippen LogP contribution in [0.2, 0.25) is 0 Å². The number of nitrogen functional groups attached to an aromatic ring is 1. The highest BCUT2D eigenvalue weighted by molar-refractivity contribution is 7.21. The Balaban J connectivity index is 1.84. The van der Waals surface area contributed by atoms with Crippen molar-refractivity contribution in [2.24, 2.45) is 0 Å². The monoisotopic (exact) mass is 373 g/mol. The molecule has 0 radical (unpaired) electrons. The Bertz CT molecular complexity index is 1320. The van der Waals surface area contributed by atoms with Gasteiger partial charge in [-0.1, -0.05) is 39.0 Å². The van der Waals surface area contributed by atoms with E-state index in [-0.39, 0.29) is 5.41 Å². The molecular weight excluding hydrogens is 354 g/mol. The van der Waals surface area contributed by atoms with Crippen LogP contribution in [0.15, 0.2) is 48.5 Å². The Morgan fingerprint density at radius 2 is 1.81 bits per heavy atom. The fourth-order valence-corrected chi connectivity index (χ4v) is 4.19. The highest BCUT2D eigenvalue weighted by atomic mass is 32.1. The third kappa shape index (κ3) is 2.56. The summed E-state index contributed by atoms with van der Waals surface area (Å²) in [6.45, 7) is 6.49. The number of nitrogens with zero attached hydrogens (tertiary/aromatic N) is 4. The quantitative estimate of drug-likeness (QED) is 0.418. The van der Waals surface area contributed by atoms with Crippen LogP contribution in [0.5, 0.6) is 0 Å². The molecule has 0 saturated carbocycles. The Labute approximate surface area is 160 Å². The van der Waals surface area contributed by atoms with Gasteiger partial charge in [0.05, 0.1) is 21.4 Å². The van der Waals surface area contributed by atoms with E-state index in [4.69, 9.17) is 20.8 Å². The van der Waals surface area contributed by atoms with Crippen LogP contribution >= 0.6 is 11.3 Å². The largest absolute Gasteiger partial charge is 0.399 e. The molecule has 0 atom stereocenters. The number of nitrogens with two attached hydrogens (primary N) is 1. The predicted molar refractivity (Wildman–Crippen MR) is 112 cm³/mol. The third-order valence-electron chi connectivity index (χ3n) is 4.69. The SMILES string of the molecule is CC(C)(C)c1cc2nc(-c3nc4cc(N)ccc4s3)c3ccccc3n2n1. The minimum Gasteiger partial charge on any atom is -0.399 e. The van der Waals surface area contributed by atoms with Crippen LogP contribution in [0.1, 0.15) is 26.5 Å². The second-order valence-corrected chi connectivity index (χ2v) is 8.80. The van der Waals surface area contributed by atoms with Gasteiger partial charge in [-0.05, 0) is 24.3 Å². The molecule has 134 valence electrons. The predicted octanol–water partition coefficient (Wildman–Crippen LogP) is 5.04. The number of fused-ring (bicyclic) bond motifs is 4. The van der Waals surface area contributed by atoms with Gasteiger partial charge < -0.3 is 5.73 Å². The lowest BCUT2D eigenvalue weighted by molar-refractivity contribution is 0.564. The second-order valence-electron chi connectivity index (χ2n) is 7.77. The first-order valence-electron chi connectivity index (χ1n) is 8.85. The fraction of sp³-hybridized carbons (Fsp3) is 0.190. The first kappa shape index (κ1) is 16.2. The number of para-hydroxylation sites is 1. The van der Waals surface area contributed by atoms with E-state index in [0.29, 0.717) is 0 Å². The minimum atomic E-state index is -0.0393. The molecule has 0 saturated heterocycles. The summed E-state index contributed by atoms with van der Waals surface area (Å²) >= 11 is 1.64. The van der Waals surface area contributed by atoms with Crippen LogP contribution < -0.4 is 5.73 Å². The van der Waals surface area contributed by atoms with Gasteiger partial charge in [0.25, 0.3) is 0 Å². The summed E-state index contributed by atoms with van der Waals surface area (Å²) in [7, 11) is 0. The van der Waals surface area contributed by atoms with Crippen molar-refractivity contribution in [2.45, 2.75) is 26.2 Å². The molecule has 0 aliphatic rings. The summed E-state index contributed by atoms with van der Waals surface area (Å²) < 4.78 is 3.04. The number of rotatable bonds is 1. The van der Waals surface area contributed by atoms with Crippen LogP contribution in [-0.4, -0.2) is 19.6 Å². The van der Waals surface area contributed by atoms with Crippen LogP contribution in [0.4, 0.5) is 5.69 Å². The maximum absolute atomic E-state index is 5.92. The topological polar surface area (TPSA) is 69.1 Å². The van der Waals surface area contributed by atoms with Gasteiger partial charge in [0.2, 0.25) is 0 Å². The number of thiazole rings is 1. The van der Waals surface area contributed by atoms with Gasteiger partial charge in [0.15, 0.2) is 5.65 Å². The molecule has 3 heterocycles. The Kier molecular flexibility index (Phi) is 3.30. The number of hydrogen-bond acceptors (Lipinski definition) is 5. The summed E-state index contributed by atoms with van der Waals surface area (Å²) in [4.78, 5) is 9.75. The molecule has 5 rings (SSSR count). The standard InChI is InChI=1S/C21H19N5S/c1-21(2,3)17-11-18-24-19(13-6-4-5-7-15(13)26(18)25-17)20-23-14-10-12(22)8-9-16(14)27-20/h4-11H,22H2,1-3H3. The Hall–Kier alpha value is -2.99. The molecule has 27 heavy (non-hydrogen) atoms. The van der Waals surface area contributed by atoms with E-state index in [0.717, 1.165) is 48.8 Å². The fourth-order valence-electron chi connectivity index (χ4n) is 3.24. The van der Waals surface area contributed by atoms with Crippen molar-refractivity contribution in [1.82, 2.24) is 19.6 Å². The maximum atomic E-state index is 5.92. The summed E-state index contributed by atoms with van der Waals surface area (Å²) in [6.07, 6.45) is 0. The molecule has 0 fully saturated rings. The molecular formula is C21H19N5S. The van der Waals surface area contributed by atoms with E-state index < -0.39 is 0 Å². The first-order chi connectivity index (χ1) is 12.9. The molecule has 5 nitrogen and oxygen atoms in total. The van der Waals surface area contributed by atoms with Crippen molar-refractivity contribution in [2.75, 3.05) is 5.73 Å². The van der Waals surface area contributed by atoms with Gasteiger partial charge in [-0.3, -0.25) is 0 Å². The van der Waals surface area contributed by atoms with Crippen LogP contribution in [0, 0.1) is 0 Å². The number of anilines is 1. The van der Waals surface area contributed by atoms with Crippen LogP contribution in [0.25, 0.3) is 37.5 Å². The smallest absolute Gasteiger partial charge is 0.156 e. The van der Waals surface area contributed by atoms with E-state index in [1.54, 1.807) is 11.3 Å². The van der Waals surface area contributed by atoms with Crippen molar-refractivity contribution >= 4 is 43.8 Å². The highest BCUT2D eigenvalue weighted by Crippen LogP contribution is 2.35. The molecule has 5 aromatic rings. The highest BCUT2D eigenvalue weighted by Gasteiger charge is 2.21.